The molecule has 0 spiro atoms. The van der Waals surface area contributed by atoms with Crippen LogP contribution in [0, 0.1) is 12.8 Å². The van der Waals surface area contributed by atoms with Crippen molar-refractivity contribution in [1.29, 1.82) is 0 Å². The standard InChI is InChI=1S/C21H29N5OS/c1-14-4-6-17(7-5-14)22-19(27)16(3)28-21-24-23-20(26(21)18-8-9-18)25-12-10-15(2)11-13-25/h4-7,15-16,18H,8-13H2,1-3H3,(H,22,27)/t16-/m0/s1. The summed E-state index contributed by atoms with van der Waals surface area (Å²) in [4.78, 5) is 15.0. The number of anilines is 2. The second-order valence-corrected chi connectivity index (χ2v) is 9.48. The first-order valence-electron chi connectivity index (χ1n) is 10.3. The molecular formula is C21H29N5OS. The Morgan fingerprint density at radius 2 is 1.82 bits per heavy atom. The maximum atomic E-state index is 12.6. The average molecular weight is 400 g/mol. The van der Waals surface area contributed by atoms with E-state index in [4.69, 9.17) is 0 Å². The quantitative estimate of drug-likeness (QED) is 0.735. The van der Waals surface area contributed by atoms with Crippen LogP contribution in [0.1, 0.15) is 51.1 Å². The van der Waals surface area contributed by atoms with E-state index in [0.29, 0.717) is 6.04 Å². The van der Waals surface area contributed by atoms with Crippen molar-refractivity contribution >= 4 is 29.3 Å². The number of rotatable bonds is 6. The molecular weight excluding hydrogens is 370 g/mol. The number of carbonyl (C=O) groups is 1. The van der Waals surface area contributed by atoms with E-state index < -0.39 is 0 Å². The Balaban J connectivity index is 1.45. The Kier molecular flexibility index (Phi) is 5.62. The minimum absolute atomic E-state index is 0.00690. The predicted molar refractivity (Wildman–Crippen MR) is 114 cm³/mol. The first-order valence-corrected chi connectivity index (χ1v) is 11.1. The van der Waals surface area contributed by atoms with E-state index in [0.717, 1.165) is 35.8 Å². The van der Waals surface area contributed by atoms with Crippen molar-refractivity contribution in [3.05, 3.63) is 29.8 Å². The molecule has 0 bridgehead atoms. The largest absolute Gasteiger partial charge is 0.341 e. The molecule has 1 N–H and O–H groups in total. The Morgan fingerprint density at radius 1 is 1.14 bits per heavy atom. The zero-order chi connectivity index (χ0) is 19.7. The van der Waals surface area contributed by atoms with Gasteiger partial charge in [0.15, 0.2) is 5.16 Å². The van der Waals surface area contributed by atoms with Gasteiger partial charge in [-0.1, -0.05) is 36.4 Å². The van der Waals surface area contributed by atoms with Crippen LogP contribution in [0.5, 0.6) is 0 Å². The number of hydrogen-bond donors (Lipinski definition) is 1. The lowest BCUT2D eigenvalue weighted by Gasteiger charge is -2.31. The molecule has 0 radical (unpaired) electrons. The number of thioether (sulfide) groups is 1. The molecule has 6 nitrogen and oxygen atoms in total. The molecule has 1 aromatic carbocycles. The van der Waals surface area contributed by atoms with Gasteiger partial charge in [-0.25, -0.2) is 0 Å². The summed E-state index contributed by atoms with van der Waals surface area (Å²) in [5.41, 5.74) is 2.01. The zero-order valence-electron chi connectivity index (χ0n) is 16.9. The molecule has 4 rings (SSSR count). The Labute approximate surface area is 171 Å². The molecule has 2 heterocycles. The van der Waals surface area contributed by atoms with Crippen molar-refractivity contribution in [3.63, 3.8) is 0 Å². The Hall–Kier alpha value is -2.02. The van der Waals surface area contributed by atoms with Crippen LogP contribution in [0.15, 0.2) is 29.4 Å². The molecule has 1 aliphatic carbocycles. The summed E-state index contributed by atoms with van der Waals surface area (Å²) in [6, 6.07) is 8.37. The number of nitrogens with one attached hydrogen (secondary N) is 1. The van der Waals surface area contributed by atoms with Crippen molar-refractivity contribution in [3.8, 4) is 0 Å². The van der Waals surface area contributed by atoms with E-state index in [2.05, 4.69) is 31.9 Å². The molecule has 2 fully saturated rings. The van der Waals surface area contributed by atoms with Crippen molar-refractivity contribution < 1.29 is 4.79 Å². The van der Waals surface area contributed by atoms with Gasteiger partial charge in [-0.2, -0.15) is 0 Å². The number of nitrogens with zero attached hydrogens (tertiary/aromatic N) is 4. The molecule has 2 aromatic rings. The van der Waals surface area contributed by atoms with Gasteiger partial charge in [0.25, 0.3) is 0 Å². The number of aromatic nitrogens is 3. The predicted octanol–water partition coefficient (Wildman–Crippen LogP) is 4.28. The molecule has 1 amide bonds. The minimum Gasteiger partial charge on any atom is -0.341 e. The van der Waals surface area contributed by atoms with Gasteiger partial charge >= 0.3 is 0 Å². The number of aryl methyl sites for hydroxylation is 1. The lowest BCUT2D eigenvalue weighted by Crippen LogP contribution is -2.34. The number of carbonyl (C=O) groups excluding carboxylic acids is 1. The average Bonchev–Trinajstić information content (AvgIpc) is 3.44. The summed E-state index contributed by atoms with van der Waals surface area (Å²) >= 11 is 1.51. The minimum atomic E-state index is -0.239. The van der Waals surface area contributed by atoms with Gasteiger partial charge in [0.2, 0.25) is 11.9 Å². The fraction of sp³-hybridized carbons (Fsp3) is 0.571. The monoisotopic (exact) mass is 399 g/mol. The van der Waals surface area contributed by atoms with Crippen LogP contribution >= 0.6 is 11.8 Å². The van der Waals surface area contributed by atoms with Crippen molar-refractivity contribution in [1.82, 2.24) is 14.8 Å². The van der Waals surface area contributed by atoms with Gasteiger partial charge in [0.05, 0.1) is 5.25 Å². The molecule has 150 valence electrons. The normalized spacial score (nSPS) is 18.9. The van der Waals surface area contributed by atoms with Crippen LogP contribution in [-0.2, 0) is 4.79 Å². The van der Waals surface area contributed by atoms with Crippen molar-refractivity contribution in [2.75, 3.05) is 23.3 Å². The number of amides is 1. The summed E-state index contributed by atoms with van der Waals surface area (Å²) in [5, 5.41) is 12.6. The molecule has 1 aliphatic heterocycles. The van der Waals surface area contributed by atoms with Crippen LogP contribution in [0.2, 0.25) is 0 Å². The highest BCUT2D eigenvalue weighted by Crippen LogP contribution is 2.42. The molecule has 28 heavy (non-hydrogen) atoms. The third kappa shape index (κ3) is 4.35. The molecule has 2 aliphatic rings. The van der Waals surface area contributed by atoms with Crippen LogP contribution in [0.3, 0.4) is 0 Å². The van der Waals surface area contributed by atoms with E-state index in [1.165, 1.54) is 43.0 Å². The SMILES string of the molecule is Cc1ccc(NC(=O)[C@H](C)Sc2nnc(N3CCC(C)CC3)n2C2CC2)cc1. The first kappa shape index (κ1) is 19.3. The van der Waals surface area contributed by atoms with E-state index in [9.17, 15) is 4.79 Å². The fourth-order valence-corrected chi connectivity index (χ4v) is 4.43. The highest BCUT2D eigenvalue weighted by atomic mass is 32.2. The highest BCUT2D eigenvalue weighted by molar-refractivity contribution is 8.00. The van der Waals surface area contributed by atoms with Crippen molar-refractivity contribution in [2.24, 2.45) is 5.92 Å². The first-order chi connectivity index (χ1) is 13.5. The van der Waals surface area contributed by atoms with E-state index in [1.807, 2.05) is 38.1 Å². The topological polar surface area (TPSA) is 63.1 Å². The summed E-state index contributed by atoms with van der Waals surface area (Å²) in [7, 11) is 0. The summed E-state index contributed by atoms with van der Waals surface area (Å²) < 4.78 is 2.27. The lowest BCUT2D eigenvalue weighted by atomic mass is 10.00. The van der Waals surface area contributed by atoms with E-state index >= 15 is 0 Å². The number of piperidine rings is 1. The highest BCUT2D eigenvalue weighted by Gasteiger charge is 2.33. The Morgan fingerprint density at radius 3 is 2.46 bits per heavy atom. The lowest BCUT2D eigenvalue weighted by molar-refractivity contribution is -0.115. The van der Waals surface area contributed by atoms with E-state index in [-0.39, 0.29) is 11.2 Å². The molecule has 7 heteroatoms. The van der Waals surface area contributed by atoms with Crippen LogP contribution in [0.25, 0.3) is 0 Å². The third-order valence-corrected chi connectivity index (χ3v) is 6.65. The molecule has 1 saturated carbocycles. The van der Waals surface area contributed by atoms with Crippen LogP contribution in [0.4, 0.5) is 11.6 Å². The maximum Gasteiger partial charge on any atom is 0.237 e. The van der Waals surface area contributed by atoms with Gasteiger partial charge in [-0.15, -0.1) is 10.2 Å². The van der Waals surface area contributed by atoms with Gasteiger partial charge < -0.3 is 10.2 Å². The zero-order valence-corrected chi connectivity index (χ0v) is 17.7. The summed E-state index contributed by atoms with van der Waals surface area (Å²) in [6.45, 7) is 8.37. The second kappa shape index (κ2) is 8.15. The van der Waals surface area contributed by atoms with Gasteiger partial charge in [0.1, 0.15) is 0 Å². The second-order valence-electron chi connectivity index (χ2n) is 8.17. The third-order valence-electron chi connectivity index (χ3n) is 5.60. The molecule has 1 aromatic heterocycles. The number of hydrogen-bond acceptors (Lipinski definition) is 5. The molecule has 0 unspecified atom stereocenters. The van der Waals surface area contributed by atoms with Gasteiger partial charge in [-0.05, 0) is 57.6 Å². The molecule has 1 saturated heterocycles. The Bertz CT molecular complexity index is 822. The van der Waals surface area contributed by atoms with Gasteiger partial charge in [-0.3, -0.25) is 9.36 Å². The van der Waals surface area contributed by atoms with E-state index in [1.54, 1.807) is 0 Å². The number of benzene rings is 1. The summed E-state index contributed by atoms with van der Waals surface area (Å²) in [6.07, 6.45) is 4.75. The smallest absolute Gasteiger partial charge is 0.237 e. The molecule has 1 atom stereocenters. The fourth-order valence-electron chi connectivity index (χ4n) is 3.52. The van der Waals surface area contributed by atoms with Crippen molar-refractivity contribution in [2.45, 2.75) is 62.9 Å². The summed E-state index contributed by atoms with van der Waals surface area (Å²) in [5.74, 6) is 1.77. The van der Waals surface area contributed by atoms with Crippen LogP contribution in [-0.4, -0.2) is 39.0 Å². The maximum absolute atomic E-state index is 12.6. The van der Waals surface area contributed by atoms with Crippen LogP contribution < -0.4 is 10.2 Å². The van der Waals surface area contributed by atoms with Gasteiger partial charge in [0, 0.05) is 24.8 Å².